The molecule has 0 bridgehead atoms. The standard InChI is InChI=1S/C25H31BO3S2/c1-30-31(2,3)29-26(27)28-21-13-20-25(22-14-7-4-8-15-22,23-16-9-5-10-17-23)24-18-11-6-12-19-24/h4-12,14-19,27H,13,20-21H2,1-3H3. The van der Waals surface area contributed by atoms with Gasteiger partial charge >= 0.3 is 7.32 Å². The van der Waals surface area contributed by atoms with E-state index in [2.05, 4.69) is 91.0 Å². The second kappa shape index (κ2) is 11.3. The van der Waals surface area contributed by atoms with E-state index < -0.39 is 16.7 Å². The van der Waals surface area contributed by atoms with Crippen molar-refractivity contribution in [3.8, 4) is 0 Å². The van der Waals surface area contributed by atoms with Crippen LogP contribution in [0.4, 0.5) is 0 Å². The maximum absolute atomic E-state index is 10.2. The van der Waals surface area contributed by atoms with Crippen molar-refractivity contribution in [2.75, 3.05) is 25.4 Å². The fourth-order valence-electron chi connectivity index (χ4n) is 3.89. The van der Waals surface area contributed by atoms with Gasteiger partial charge in [0.25, 0.3) is 0 Å². The summed E-state index contributed by atoms with van der Waals surface area (Å²) in [5.41, 5.74) is 3.44. The average molecular weight is 454 g/mol. The van der Waals surface area contributed by atoms with E-state index >= 15 is 0 Å². The van der Waals surface area contributed by atoms with E-state index in [4.69, 9.17) is 8.75 Å². The van der Waals surface area contributed by atoms with Gasteiger partial charge < -0.3 is 13.8 Å². The predicted molar refractivity (Wildman–Crippen MR) is 136 cm³/mol. The van der Waals surface area contributed by atoms with Crippen molar-refractivity contribution < 1.29 is 13.8 Å². The summed E-state index contributed by atoms with van der Waals surface area (Å²) in [6.07, 6.45) is 7.59. The highest BCUT2D eigenvalue weighted by Crippen LogP contribution is 2.53. The number of hydrogen-bond donors (Lipinski definition) is 1. The molecule has 0 saturated heterocycles. The summed E-state index contributed by atoms with van der Waals surface area (Å²) < 4.78 is 11.3. The topological polar surface area (TPSA) is 38.7 Å². The summed E-state index contributed by atoms with van der Waals surface area (Å²) in [6.45, 7) is 0.416. The second-order valence-electron chi connectivity index (χ2n) is 7.69. The van der Waals surface area contributed by atoms with Crippen LogP contribution < -0.4 is 0 Å². The van der Waals surface area contributed by atoms with Crippen molar-refractivity contribution in [1.82, 2.24) is 0 Å². The van der Waals surface area contributed by atoms with E-state index in [0.29, 0.717) is 6.61 Å². The molecule has 0 spiro atoms. The fraction of sp³-hybridized carbons (Fsp3) is 0.280. The molecule has 0 aliphatic rings. The van der Waals surface area contributed by atoms with Crippen LogP contribution in [0.25, 0.3) is 0 Å². The van der Waals surface area contributed by atoms with Gasteiger partial charge in [-0.1, -0.05) is 102 Å². The van der Waals surface area contributed by atoms with Gasteiger partial charge in [-0.15, -0.1) is 9.34 Å². The second-order valence-corrected chi connectivity index (χ2v) is 13.9. The molecule has 0 unspecified atom stereocenters. The van der Waals surface area contributed by atoms with E-state index in [-0.39, 0.29) is 5.41 Å². The molecule has 0 saturated carbocycles. The van der Waals surface area contributed by atoms with Gasteiger partial charge in [0.2, 0.25) is 0 Å². The summed E-state index contributed by atoms with van der Waals surface area (Å²) in [6, 6.07) is 31.9. The highest BCUT2D eigenvalue weighted by Gasteiger charge is 2.36. The summed E-state index contributed by atoms with van der Waals surface area (Å²) in [5, 5.41) is 10.2. The van der Waals surface area contributed by atoms with Crippen LogP contribution in [0.5, 0.6) is 0 Å². The first-order chi connectivity index (χ1) is 15.0. The predicted octanol–water partition coefficient (Wildman–Crippen LogP) is 6.07. The Labute approximate surface area is 192 Å². The molecule has 0 fully saturated rings. The first-order valence-corrected chi connectivity index (χ1v) is 14.5. The smallest absolute Gasteiger partial charge is 0.401 e. The molecule has 3 aromatic carbocycles. The number of rotatable bonds is 11. The lowest BCUT2D eigenvalue weighted by Gasteiger charge is -2.36. The van der Waals surface area contributed by atoms with Gasteiger partial charge in [0.05, 0.1) is 0 Å². The molecule has 31 heavy (non-hydrogen) atoms. The molecule has 0 atom stereocenters. The Morgan fingerprint density at radius 3 is 1.61 bits per heavy atom. The Bertz CT molecular complexity index is 811. The molecule has 3 nitrogen and oxygen atoms in total. The van der Waals surface area contributed by atoms with E-state index in [1.54, 1.807) is 10.8 Å². The van der Waals surface area contributed by atoms with Crippen LogP contribution in [0.2, 0.25) is 0 Å². The Hall–Kier alpha value is -1.70. The minimum Gasteiger partial charge on any atom is -0.401 e. The zero-order valence-electron chi connectivity index (χ0n) is 18.4. The van der Waals surface area contributed by atoms with Gasteiger partial charge in [0, 0.05) is 12.0 Å². The van der Waals surface area contributed by atoms with Gasteiger partial charge in [-0.25, -0.2) is 0 Å². The first kappa shape index (κ1) is 24.0. The lowest BCUT2D eigenvalue weighted by atomic mass is 9.67. The van der Waals surface area contributed by atoms with Gasteiger partial charge in [0.15, 0.2) is 0 Å². The third-order valence-electron chi connectivity index (χ3n) is 5.47. The normalized spacial score (nSPS) is 12.5. The monoisotopic (exact) mass is 454 g/mol. The largest absolute Gasteiger partial charge is 0.647 e. The third kappa shape index (κ3) is 6.18. The van der Waals surface area contributed by atoms with Gasteiger partial charge in [-0.3, -0.25) is 0 Å². The molecule has 0 aliphatic carbocycles. The molecule has 0 aromatic heterocycles. The van der Waals surface area contributed by atoms with Gasteiger partial charge in [-0.05, 0) is 48.3 Å². The summed E-state index contributed by atoms with van der Waals surface area (Å²) in [4.78, 5) is 0. The molecule has 0 heterocycles. The van der Waals surface area contributed by atoms with Crippen LogP contribution >= 0.6 is 20.1 Å². The van der Waals surface area contributed by atoms with Crippen LogP contribution in [-0.4, -0.2) is 37.7 Å². The molecule has 0 radical (unpaired) electrons. The van der Waals surface area contributed by atoms with Crippen molar-refractivity contribution in [3.05, 3.63) is 108 Å². The summed E-state index contributed by atoms with van der Waals surface area (Å²) in [7, 11) is -0.957. The van der Waals surface area contributed by atoms with E-state index in [9.17, 15) is 5.02 Å². The molecule has 0 amide bonds. The zero-order chi connectivity index (χ0) is 22.2. The molecule has 3 aromatic rings. The van der Waals surface area contributed by atoms with Crippen LogP contribution in [0.3, 0.4) is 0 Å². The zero-order valence-corrected chi connectivity index (χ0v) is 20.1. The summed E-state index contributed by atoms with van der Waals surface area (Å²) in [5.74, 6) is 0. The van der Waals surface area contributed by atoms with Crippen molar-refractivity contribution in [3.63, 3.8) is 0 Å². The van der Waals surface area contributed by atoms with Crippen molar-refractivity contribution >= 4 is 27.5 Å². The molecule has 3 rings (SSSR count). The Morgan fingerprint density at radius 2 is 1.23 bits per heavy atom. The number of hydrogen-bond acceptors (Lipinski definition) is 4. The minimum absolute atomic E-state index is 0.303. The lowest BCUT2D eigenvalue weighted by Crippen LogP contribution is -2.30. The SMILES string of the molecule is CSS(C)(C)OB(O)OCCCC(c1ccccc1)(c1ccccc1)c1ccccc1. The third-order valence-corrected chi connectivity index (χ3v) is 9.55. The van der Waals surface area contributed by atoms with Crippen LogP contribution in [0.15, 0.2) is 91.0 Å². The van der Waals surface area contributed by atoms with Crippen LogP contribution in [0, 0.1) is 0 Å². The molecule has 164 valence electrons. The highest BCUT2D eigenvalue weighted by molar-refractivity contribution is 8.91. The molecule has 6 heteroatoms. The molecular formula is C25H31BO3S2. The lowest BCUT2D eigenvalue weighted by molar-refractivity contribution is 0.194. The average Bonchev–Trinajstić information content (AvgIpc) is 2.81. The van der Waals surface area contributed by atoms with Gasteiger partial charge in [-0.2, -0.15) is 0 Å². The van der Waals surface area contributed by atoms with Crippen LogP contribution in [-0.2, 0) is 14.2 Å². The minimum atomic E-state index is -1.37. The van der Waals surface area contributed by atoms with Crippen molar-refractivity contribution in [2.24, 2.45) is 0 Å². The Balaban J connectivity index is 1.87. The van der Waals surface area contributed by atoms with E-state index in [0.717, 1.165) is 12.8 Å². The van der Waals surface area contributed by atoms with Crippen molar-refractivity contribution in [1.29, 1.82) is 0 Å². The highest BCUT2D eigenvalue weighted by atomic mass is 33.2. The van der Waals surface area contributed by atoms with E-state index in [1.807, 2.05) is 18.8 Å². The maximum atomic E-state index is 10.2. The molecule has 1 N–H and O–H groups in total. The Morgan fingerprint density at radius 1 is 0.806 bits per heavy atom. The molecular weight excluding hydrogens is 423 g/mol. The molecule has 0 aliphatic heterocycles. The van der Waals surface area contributed by atoms with E-state index in [1.165, 1.54) is 16.7 Å². The van der Waals surface area contributed by atoms with Crippen LogP contribution in [0.1, 0.15) is 29.5 Å². The van der Waals surface area contributed by atoms with Crippen molar-refractivity contribution in [2.45, 2.75) is 18.3 Å². The maximum Gasteiger partial charge on any atom is 0.647 e. The first-order valence-electron chi connectivity index (χ1n) is 10.4. The van der Waals surface area contributed by atoms with Gasteiger partial charge in [0.1, 0.15) is 0 Å². The quantitative estimate of drug-likeness (QED) is 0.165. The Kier molecular flexibility index (Phi) is 8.70. The fourth-order valence-corrected chi connectivity index (χ4v) is 4.86. The summed E-state index contributed by atoms with van der Waals surface area (Å²) >= 11 is 0. The number of benzene rings is 3.